The Morgan fingerprint density at radius 2 is 1.97 bits per heavy atom. The summed E-state index contributed by atoms with van der Waals surface area (Å²) in [6, 6.07) is 12.2. The fourth-order valence-electron chi connectivity index (χ4n) is 2.54. The van der Waals surface area contributed by atoms with Gasteiger partial charge in [0.1, 0.15) is 5.02 Å². The minimum Gasteiger partial charge on any atom is -0.444 e. The lowest BCUT2D eigenvalue weighted by atomic mass is 10.1. The molecule has 1 amide bonds. The Hall–Kier alpha value is -3.72. The van der Waals surface area contributed by atoms with E-state index in [-0.39, 0.29) is 22.0 Å². The van der Waals surface area contributed by atoms with Crippen molar-refractivity contribution in [2.45, 2.75) is 6.10 Å². The second-order valence-corrected chi connectivity index (χ2v) is 6.42. The highest BCUT2D eigenvalue weighted by Crippen LogP contribution is 2.28. The van der Waals surface area contributed by atoms with Gasteiger partial charge in [-0.2, -0.15) is 5.10 Å². The van der Waals surface area contributed by atoms with Gasteiger partial charge in [0.2, 0.25) is 6.10 Å². The Balaban J connectivity index is 1.86. The third kappa shape index (κ3) is 4.77. The highest BCUT2D eigenvalue weighted by atomic mass is 35.5. The van der Waals surface area contributed by atoms with E-state index in [0.717, 1.165) is 6.07 Å². The van der Waals surface area contributed by atoms with Crippen molar-refractivity contribution in [3.63, 3.8) is 0 Å². The summed E-state index contributed by atoms with van der Waals surface area (Å²) in [6.45, 7) is 0. The van der Waals surface area contributed by atoms with Crippen LogP contribution < -0.4 is 5.32 Å². The average molecular weight is 415 g/mol. The summed E-state index contributed by atoms with van der Waals surface area (Å²) in [6.07, 6.45) is 1.51. The molecule has 10 heteroatoms. The van der Waals surface area contributed by atoms with E-state index in [0.29, 0.717) is 5.56 Å². The lowest BCUT2D eigenvalue weighted by molar-refractivity contribution is -0.384. The highest BCUT2D eigenvalue weighted by molar-refractivity contribution is 6.32. The number of amides is 1. The van der Waals surface area contributed by atoms with Crippen LogP contribution in [0.3, 0.4) is 0 Å². The van der Waals surface area contributed by atoms with E-state index in [9.17, 15) is 19.7 Å². The van der Waals surface area contributed by atoms with Crippen LogP contribution >= 0.6 is 11.6 Å². The van der Waals surface area contributed by atoms with Gasteiger partial charge >= 0.3 is 5.97 Å². The van der Waals surface area contributed by atoms with Gasteiger partial charge in [0.25, 0.3) is 11.6 Å². The molecule has 1 aromatic heterocycles. The minimum absolute atomic E-state index is 0.0596. The summed E-state index contributed by atoms with van der Waals surface area (Å²) in [5, 5.41) is 17.4. The average Bonchev–Trinajstić information content (AvgIpc) is 3.14. The van der Waals surface area contributed by atoms with Gasteiger partial charge in [-0.3, -0.25) is 19.6 Å². The molecule has 0 saturated heterocycles. The summed E-state index contributed by atoms with van der Waals surface area (Å²) in [5.41, 5.74) is 0.409. The number of hydrogen-bond acceptors (Lipinski definition) is 6. The molecule has 1 unspecified atom stereocenters. The van der Waals surface area contributed by atoms with E-state index >= 15 is 0 Å². The molecule has 9 nitrogen and oxygen atoms in total. The van der Waals surface area contributed by atoms with Crippen molar-refractivity contribution >= 4 is 34.9 Å². The molecule has 0 spiro atoms. The molecule has 0 saturated carbocycles. The van der Waals surface area contributed by atoms with Crippen molar-refractivity contribution in [2.75, 3.05) is 5.32 Å². The first-order valence-electron chi connectivity index (χ1n) is 8.34. The van der Waals surface area contributed by atoms with Crippen LogP contribution in [0.1, 0.15) is 22.0 Å². The molecule has 0 aliphatic carbocycles. The third-order valence-electron chi connectivity index (χ3n) is 3.92. The monoisotopic (exact) mass is 414 g/mol. The van der Waals surface area contributed by atoms with Gasteiger partial charge < -0.3 is 10.1 Å². The van der Waals surface area contributed by atoms with Crippen LogP contribution in [0.5, 0.6) is 0 Å². The van der Waals surface area contributed by atoms with E-state index in [1.54, 1.807) is 37.4 Å². The second-order valence-electron chi connectivity index (χ2n) is 6.01. The Kier molecular flexibility index (Phi) is 5.89. The van der Waals surface area contributed by atoms with Gasteiger partial charge in [-0.05, 0) is 12.1 Å². The first kappa shape index (κ1) is 20.0. The Morgan fingerprint density at radius 3 is 2.59 bits per heavy atom. The first-order chi connectivity index (χ1) is 13.8. The standard InChI is InChI=1S/C19H15ClN4O5/c1-23-11-13(10-21-23)19(26)29-17(12-5-3-2-4-6-12)18(25)22-14-7-8-15(20)16(9-14)24(27)28/h2-11,17H,1H3,(H,22,25). The normalized spacial score (nSPS) is 11.5. The smallest absolute Gasteiger partial charge is 0.342 e. The summed E-state index contributed by atoms with van der Waals surface area (Å²) in [7, 11) is 1.64. The maximum absolute atomic E-state index is 12.8. The fourth-order valence-corrected chi connectivity index (χ4v) is 2.73. The first-order valence-corrected chi connectivity index (χ1v) is 8.72. The number of carbonyl (C=O) groups is 2. The zero-order valence-corrected chi connectivity index (χ0v) is 15.9. The quantitative estimate of drug-likeness (QED) is 0.374. The number of nitrogens with zero attached hydrogens (tertiary/aromatic N) is 3. The van der Waals surface area contributed by atoms with E-state index in [1.807, 2.05) is 0 Å². The number of esters is 1. The Morgan fingerprint density at radius 1 is 1.24 bits per heavy atom. The molecule has 148 valence electrons. The molecule has 29 heavy (non-hydrogen) atoms. The molecule has 1 N–H and O–H groups in total. The van der Waals surface area contributed by atoms with E-state index in [2.05, 4.69) is 10.4 Å². The predicted molar refractivity (Wildman–Crippen MR) is 105 cm³/mol. The van der Waals surface area contributed by atoms with Gasteiger partial charge in [-0.25, -0.2) is 4.79 Å². The Labute approximate surface area is 170 Å². The number of rotatable bonds is 6. The zero-order chi connectivity index (χ0) is 21.0. The second kappa shape index (κ2) is 8.53. The van der Waals surface area contributed by atoms with Crippen LogP contribution in [0.4, 0.5) is 11.4 Å². The van der Waals surface area contributed by atoms with Crippen LogP contribution in [-0.4, -0.2) is 26.6 Å². The number of aromatic nitrogens is 2. The van der Waals surface area contributed by atoms with Crippen molar-refractivity contribution in [1.29, 1.82) is 0 Å². The Bertz CT molecular complexity index is 1070. The van der Waals surface area contributed by atoms with Crippen molar-refractivity contribution in [3.05, 3.63) is 87.2 Å². The van der Waals surface area contributed by atoms with Crippen LogP contribution in [0.25, 0.3) is 0 Å². The number of hydrogen-bond donors (Lipinski definition) is 1. The number of nitrogens with one attached hydrogen (secondary N) is 1. The number of benzene rings is 2. The molecule has 1 atom stereocenters. The van der Waals surface area contributed by atoms with Gasteiger partial charge in [0.15, 0.2) is 0 Å². The number of anilines is 1. The summed E-state index contributed by atoms with van der Waals surface area (Å²) in [4.78, 5) is 35.7. The molecule has 1 heterocycles. The fraction of sp³-hybridized carbons (Fsp3) is 0.105. The maximum Gasteiger partial charge on any atom is 0.342 e. The summed E-state index contributed by atoms with van der Waals surface area (Å²) < 4.78 is 6.84. The van der Waals surface area contributed by atoms with Crippen molar-refractivity contribution in [2.24, 2.45) is 7.05 Å². The molecule has 0 fully saturated rings. The lowest BCUT2D eigenvalue weighted by Crippen LogP contribution is -2.26. The SMILES string of the molecule is Cn1cc(C(=O)OC(C(=O)Nc2ccc(Cl)c([N+](=O)[O-])c2)c2ccccc2)cn1. The van der Waals surface area contributed by atoms with Gasteiger partial charge in [0.05, 0.1) is 16.7 Å². The topological polar surface area (TPSA) is 116 Å². The summed E-state index contributed by atoms with van der Waals surface area (Å²) in [5.74, 6) is -1.41. The van der Waals surface area contributed by atoms with E-state index in [1.165, 1.54) is 29.2 Å². The van der Waals surface area contributed by atoms with Gasteiger partial charge in [-0.1, -0.05) is 41.9 Å². The molecule has 0 bridgehead atoms. The van der Waals surface area contributed by atoms with Crippen molar-refractivity contribution in [3.8, 4) is 0 Å². The predicted octanol–water partition coefficient (Wildman–Crippen LogP) is 3.52. The van der Waals surface area contributed by atoms with Crippen LogP contribution in [-0.2, 0) is 16.6 Å². The number of halogens is 1. The van der Waals surface area contributed by atoms with Crippen LogP contribution in [0.15, 0.2) is 60.9 Å². The minimum atomic E-state index is -1.28. The highest BCUT2D eigenvalue weighted by Gasteiger charge is 2.27. The third-order valence-corrected chi connectivity index (χ3v) is 4.24. The van der Waals surface area contributed by atoms with Crippen molar-refractivity contribution in [1.82, 2.24) is 9.78 Å². The largest absolute Gasteiger partial charge is 0.444 e. The summed E-state index contributed by atoms with van der Waals surface area (Å²) >= 11 is 5.79. The molecule has 0 aliphatic rings. The maximum atomic E-state index is 12.8. The lowest BCUT2D eigenvalue weighted by Gasteiger charge is -2.18. The molecule has 0 radical (unpaired) electrons. The number of aryl methyl sites for hydroxylation is 1. The molecular formula is C19H15ClN4O5. The molecule has 3 rings (SSSR count). The number of ether oxygens (including phenoxy) is 1. The van der Waals surface area contributed by atoms with E-state index < -0.39 is 22.9 Å². The number of nitro benzene ring substituents is 1. The molecule has 3 aromatic rings. The van der Waals surface area contributed by atoms with Crippen LogP contribution in [0, 0.1) is 10.1 Å². The molecule has 0 aliphatic heterocycles. The number of nitro groups is 1. The number of carbonyl (C=O) groups excluding carboxylic acids is 2. The molecular weight excluding hydrogens is 400 g/mol. The van der Waals surface area contributed by atoms with E-state index in [4.69, 9.17) is 16.3 Å². The van der Waals surface area contributed by atoms with Crippen molar-refractivity contribution < 1.29 is 19.2 Å². The van der Waals surface area contributed by atoms with Gasteiger partial charge in [0, 0.05) is 30.6 Å². The molecule has 2 aromatic carbocycles. The zero-order valence-electron chi connectivity index (χ0n) is 15.1. The van der Waals surface area contributed by atoms with Crippen LogP contribution in [0.2, 0.25) is 5.02 Å². The van der Waals surface area contributed by atoms with Gasteiger partial charge in [-0.15, -0.1) is 0 Å².